The van der Waals surface area contributed by atoms with E-state index in [1.54, 1.807) is 0 Å². The van der Waals surface area contributed by atoms with Crippen LogP contribution in [0, 0.1) is 6.42 Å². The summed E-state index contributed by atoms with van der Waals surface area (Å²) < 4.78 is 64.3. The monoisotopic (exact) mass is 150 g/mol. The summed E-state index contributed by atoms with van der Waals surface area (Å²) in [5.74, 6) is 0. The fraction of sp³-hybridized carbons (Fsp3) is 0.667. The van der Waals surface area contributed by atoms with Crippen LogP contribution in [-0.2, 0) is 0 Å². The lowest BCUT2D eigenvalue weighted by Crippen LogP contribution is -2.21. The predicted molar refractivity (Wildman–Crippen MR) is 15.4 cm³/mol. The average Bonchev–Trinajstić information content (AvgIpc) is 1.14. The Kier molecular flexibility index (Phi) is 1.98. The summed E-state index contributed by atoms with van der Waals surface area (Å²) in [4.78, 5) is 0. The lowest BCUT2D eigenvalue weighted by molar-refractivity contribution is -0.178. The van der Waals surface area contributed by atoms with Gasteiger partial charge in [-0.2, -0.15) is 26.3 Å². The molecule has 0 bridgehead atoms. The standard InChI is InChI=1S/C3F6/c4-2(5,6)1-3(7,8)9. The first-order valence-corrected chi connectivity index (χ1v) is 1.63. The molecule has 0 aliphatic rings. The third-order valence-electron chi connectivity index (χ3n) is 0.283. The van der Waals surface area contributed by atoms with Gasteiger partial charge in [0.05, 0.1) is 0 Å². The van der Waals surface area contributed by atoms with Gasteiger partial charge in [-0.25, -0.2) is 0 Å². The van der Waals surface area contributed by atoms with Crippen LogP contribution < -0.4 is 0 Å². The van der Waals surface area contributed by atoms with Gasteiger partial charge >= 0.3 is 12.4 Å². The van der Waals surface area contributed by atoms with Crippen LogP contribution in [0.4, 0.5) is 26.3 Å². The smallest absolute Gasteiger partial charge is 0.170 e. The molecule has 0 spiro atoms. The SMILES string of the molecule is FC(F)(F)[C]C(F)(F)F. The molecule has 2 radical (unpaired) electrons. The molecule has 54 valence electrons. The first kappa shape index (κ1) is 8.58. The van der Waals surface area contributed by atoms with Crippen molar-refractivity contribution in [3.05, 3.63) is 6.42 Å². The van der Waals surface area contributed by atoms with Gasteiger partial charge in [0.25, 0.3) is 0 Å². The number of hydrogen-bond donors (Lipinski definition) is 0. The molecule has 0 aliphatic carbocycles. The zero-order valence-corrected chi connectivity index (χ0v) is 3.77. The van der Waals surface area contributed by atoms with E-state index in [0.717, 1.165) is 0 Å². The number of halogens is 6. The Morgan fingerprint density at radius 1 is 0.667 bits per heavy atom. The quantitative estimate of drug-likeness (QED) is 0.464. The van der Waals surface area contributed by atoms with Gasteiger partial charge in [0.2, 0.25) is 6.42 Å². The van der Waals surface area contributed by atoms with Crippen LogP contribution in [0.15, 0.2) is 0 Å². The van der Waals surface area contributed by atoms with Crippen LogP contribution in [0.5, 0.6) is 0 Å². The van der Waals surface area contributed by atoms with E-state index < -0.39 is 18.8 Å². The average molecular weight is 150 g/mol. The van der Waals surface area contributed by atoms with Crippen molar-refractivity contribution in [3.8, 4) is 0 Å². The van der Waals surface area contributed by atoms with Crippen molar-refractivity contribution in [1.82, 2.24) is 0 Å². The minimum Gasteiger partial charge on any atom is -0.170 e. The van der Waals surface area contributed by atoms with Gasteiger partial charge in [-0.05, 0) is 0 Å². The first-order chi connectivity index (χ1) is 3.71. The maximum atomic E-state index is 10.7. The third-order valence-corrected chi connectivity index (χ3v) is 0.283. The second-order valence-corrected chi connectivity index (χ2v) is 1.12. The maximum absolute atomic E-state index is 10.7. The summed E-state index contributed by atoms with van der Waals surface area (Å²) in [6.07, 6.45) is -11.3. The van der Waals surface area contributed by atoms with Crippen molar-refractivity contribution in [2.24, 2.45) is 0 Å². The summed E-state index contributed by atoms with van der Waals surface area (Å²) in [6.45, 7) is 0. The van der Waals surface area contributed by atoms with Gasteiger partial charge in [0.15, 0.2) is 0 Å². The van der Waals surface area contributed by atoms with E-state index in [2.05, 4.69) is 0 Å². The fourth-order valence-corrected chi connectivity index (χ4v) is 0.161. The molecule has 0 rings (SSSR count). The Morgan fingerprint density at radius 2 is 0.889 bits per heavy atom. The number of rotatable bonds is 0. The Balaban J connectivity index is 3.75. The van der Waals surface area contributed by atoms with E-state index >= 15 is 0 Å². The van der Waals surface area contributed by atoms with E-state index in [9.17, 15) is 26.3 Å². The molecule has 0 fully saturated rings. The topological polar surface area (TPSA) is 0 Å². The fourth-order valence-electron chi connectivity index (χ4n) is 0.161. The van der Waals surface area contributed by atoms with E-state index in [0.29, 0.717) is 0 Å². The Bertz CT molecular complexity index is 73.5. The van der Waals surface area contributed by atoms with Gasteiger partial charge in [0, 0.05) is 0 Å². The van der Waals surface area contributed by atoms with E-state index in [1.807, 2.05) is 0 Å². The van der Waals surface area contributed by atoms with Crippen molar-refractivity contribution in [2.75, 3.05) is 0 Å². The zero-order chi connectivity index (χ0) is 7.71. The van der Waals surface area contributed by atoms with Crippen LogP contribution >= 0.6 is 0 Å². The molecule has 0 aromatic rings. The second-order valence-electron chi connectivity index (χ2n) is 1.12. The molecule has 0 amide bonds. The van der Waals surface area contributed by atoms with Crippen LogP contribution in [0.3, 0.4) is 0 Å². The molecule has 0 nitrogen and oxygen atoms in total. The number of alkyl halides is 6. The summed E-state index contributed by atoms with van der Waals surface area (Å²) in [7, 11) is 0. The summed E-state index contributed by atoms with van der Waals surface area (Å²) in [5.41, 5.74) is 0. The maximum Gasteiger partial charge on any atom is 0.405 e. The van der Waals surface area contributed by atoms with Crippen LogP contribution in [0.1, 0.15) is 0 Å². The molecular weight excluding hydrogens is 150 g/mol. The van der Waals surface area contributed by atoms with E-state index in [-0.39, 0.29) is 0 Å². The largest absolute Gasteiger partial charge is 0.405 e. The molecule has 0 saturated heterocycles. The lowest BCUT2D eigenvalue weighted by atomic mass is 10.4. The van der Waals surface area contributed by atoms with E-state index in [1.165, 1.54) is 0 Å². The summed E-state index contributed by atoms with van der Waals surface area (Å²) in [5, 5.41) is 0. The van der Waals surface area contributed by atoms with E-state index in [4.69, 9.17) is 0 Å². The highest BCUT2D eigenvalue weighted by molar-refractivity contribution is 4.82. The van der Waals surface area contributed by atoms with Crippen LogP contribution in [-0.4, -0.2) is 12.4 Å². The Labute approximate surface area is 46.5 Å². The molecule has 0 unspecified atom stereocenters. The molecule has 0 heterocycles. The molecule has 0 N–H and O–H groups in total. The first-order valence-electron chi connectivity index (χ1n) is 1.63. The summed E-state index contributed by atoms with van der Waals surface area (Å²) >= 11 is 0. The van der Waals surface area contributed by atoms with Crippen LogP contribution in [0.2, 0.25) is 0 Å². The highest BCUT2D eigenvalue weighted by Crippen LogP contribution is 2.30. The van der Waals surface area contributed by atoms with Crippen molar-refractivity contribution in [1.29, 1.82) is 0 Å². The predicted octanol–water partition coefficient (Wildman–Crippen LogP) is 2.19. The molecule has 0 atom stereocenters. The van der Waals surface area contributed by atoms with Gasteiger partial charge < -0.3 is 0 Å². The number of hydrogen-bond acceptors (Lipinski definition) is 0. The van der Waals surface area contributed by atoms with Gasteiger partial charge in [-0.3, -0.25) is 0 Å². The normalized spacial score (nSPS) is 14.0. The molecule has 0 aliphatic heterocycles. The highest BCUT2D eigenvalue weighted by atomic mass is 19.4. The van der Waals surface area contributed by atoms with Gasteiger partial charge in [-0.15, -0.1) is 0 Å². The molecular formula is C3F6. The second kappa shape index (κ2) is 2.07. The molecule has 0 saturated carbocycles. The lowest BCUT2D eigenvalue weighted by Gasteiger charge is -2.06. The Hall–Kier alpha value is -0.420. The molecule has 0 aromatic heterocycles. The van der Waals surface area contributed by atoms with Crippen LogP contribution in [0.25, 0.3) is 0 Å². The van der Waals surface area contributed by atoms with Gasteiger partial charge in [0.1, 0.15) is 0 Å². The molecule has 6 heteroatoms. The minimum atomic E-state index is -5.39. The molecule has 9 heavy (non-hydrogen) atoms. The zero-order valence-electron chi connectivity index (χ0n) is 3.77. The molecule has 0 aromatic carbocycles. The Morgan fingerprint density at radius 3 is 0.889 bits per heavy atom. The summed E-state index contributed by atoms with van der Waals surface area (Å²) in [6, 6.07) is 0. The van der Waals surface area contributed by atoms with Crippen molar-refractivity contribution in [2.45, 2.75) is 12.4 Å². The van der Waals surface area contributed by atoms with Crippen molar-refractivity contribution < 1.29 is 26.3 Å². The third kappa shape index (κ3) is 7.58. The van der Waals surface area contributed by atoms with Gasteiger partial charge in [-0.1, -0.05) is 0 Å². The highest BCUT2D eigenvalue weighted by Gasteiger charge is 2.45. The van der Waals surface area contributed by atoms with Crippen molar-refractivity contribution >= 4 is 0 Å². The van der Waals surface area contributed by atoms with Crippen molar-refractivity contribution in [3.63, 3.8) is 0 Å². The minimum absolute atomic E-state index is 0.542.